The molecule has 0 radical (unpaired) electrons. The summed E-state index contributed by atoms with van der Waals surface area (Å²) in [6.45, 7) is 5.47. The lowest BCUT2D eigenvalue weighted by atomic mass is 10.0. The highest BCUT2D eigenvalue weighted by molar-refractivity contribution is 5.78. The summed E-state index contributed by atoms with van der Waals surface area (Å²) in [6.07, 6.45) is 5.05. The molecule has 24 heavy (non-hydrogen) atoms. The largest absolute Gasteiger partial charge is 0.491 e. The van der Waals surface area contributed by atoms with Gasteiger partial charge in [0.25, 0.3) is 0 Å². The van der Waals surface area contributed by atoms with Crippen LogP contribution < -0.4 is 4.74 Å². The van der Waals surface area contributed by atoms with Crippen LogP contribution in [-0.4, -0.2) is 46.6 Å². The molecule has 1 aliphatic heterocycles. The molecule has 6 nitrogen and oxygen atoms in total. The molecule has 0 N–H and O–H groups in total. The zero-order chi connectivity index (χ0) is 16.9. The number of ether oxygens (including phenoxy) is 2. The van der Waals surface area contributed by atoms with Crippen molar-refractivity contribution in [2.24, 2.45) is 0 Å². The first-order chi connectivity index (χ1) is 11.7. The number of aromatic nitrogens is 2. The van der Waals surface area contributed by atoms with Crippen LogP contribution in [0.4, 0.5) is 0 Å². The average Bonchev–Trinajstić information content (AvgIpc) is 2.79. The minimum atomic E-state index is -0.0192. The summed E-state index contributed by atoms with van der Waals surface area (Å²) < 4.78 is 11.1. The van der Waals surface area contributed by atoms with Gasteiger partial charge < -0.3 is 14.4 Å². The third-order valence-electron chi connectivity index (χ3n) is 4.06. The first-order valence-electron chi connectivity index (χ1n) is 8.07. The summed E-state index contributed by atoms with van der Waals surface area (Å²) in [5.74, 6) is 0.795. The maximum absolute atomic E-state index is 12.4. The van der Waals surface area contributed by atoms with E-state index < -0.39 is 0 Å². The van der Waals surface area contributed by atoms with Gasteiger partial charge in [-0.2, -0.15) is 0 Å². The van der Waals surface area contributed by atoms with E-state index in [1.807, 2.05) is 36.9 Å². The van der Waals surface area contributed by atoms with Crippen molar-refractivity contribution in [2.45, 2.75) is 26.4 Å². The first-order valence-corrected chi connectivity index (χ1v) is 8.07. The van der Waals surface area contributed by atoms with Crippen LogP contribution in [0.15, 0.2) is 36.9 Å². The van der Waals surface area contributed by atoms with E-state index in [1.54, 1.807) is 12.4 Å². The highest BCUT2D eigenvalue weighted by Gasteiger charge is 2.25. The number of benzene rings is 1. The second-order valence-electron chi connectivity index (χ2n) is 5.77. The Labute approximate surface area is 141 Å². The quantitative estimate of drug-likeness (QED) is 0.862. The predicted molar refractivity (Wildman–Crippen MR) is 89.5 cm³/mol. The molecule has 0 saturated heterocycles. The van der Waals surface area contributed by atoms with E-state index in [2.05, 4.69) is 9.97 Å². The van der Waals surface area contributed by atoms with Crippen molar-refractivity contribution in [2.75, 3.05) is 19.8 Å². The molecule has 0 aliphatic carbocycles. The Kier molecular flexibility index (Phi) is 5.05. The van der Waals surface area contributed by atoms with Crippen LogP contribution in [-0.2, 0) is 16.1 Å². The van der Waals surface area contributed by atoms with E-state index >= 15 is 0 Å². The van der Waals surface area contributed by atoms with Gasteiger partial charge >= 0.3 is 0 Å². The Morgan fingerprint density at radius 3 is 2.88 bits per heavy atom. The van der Waals surface area contributed by atoms with Crippen molar-refractivity contribution in [1.82, 2.24) is 14.9 Å². The third-order valence-corrected chi connectivity index (χ3v) is 4.06. The molecule has 1 aromatic carbocycles. The molecule has 1 aliphatic rings. The Bertz CT molecular complexity index is 706. The van der Waals surface area contributed by atoms with Crippen LogP contribution in [0.25, 0.3) is 11.1 Å². The number of carbonyl (C=O) groups is 1. The van der Waals surface area contributed by atoms with E-state index in [9.17, 15) is 4.79 Å². The number of fused-ring (bicyclic) bond motifs is 1. The van der Waals surface area contributed by atoms with E-state index in [0.29, 0.717) is 19.8 Å². The van der Waals surface area contributed by atoms with Gasteiger partial charge in [0.2, 0.25) is 5.91 Å². The Hall–Kier alpha value is -2.47. The summed E-state index contributed by atoms with van der Waals surface area (Å²) in [5.41, 5.74) is 2.92. The second-order valence-corrected chi connectivity index (χ2v) is 5.77. The molecular weight excluding hydrogens is 306 g/mol. The van der Waals surface area contributed by atoms with Crippen molar-refractivity contribution in [1.29, 1.82) is 0 Å². The molecule has 6 heteroatoms. The van der Waals surface area contributed by atoms with Crippen LogP contribution in [0.2, 0.25) is 0 Å². The van der Waals surface area contributed by atoms with Crippen molar-refractivity contribution in [3.8, 4) is 16.9 Å². The van der Waals surface area contributed by atoms with Gasteiger partial charge in [-0.15, -0.1) is 0 Å². The lowest BCUT2D eigenvalue weighted by molar-refractivity contribution is -0.139. The first kappa shape index (κ1) is 16.4. The van der Waals surface area contributed by atoms with E-state index in [0.717, 1.165) is 22.4 Å². The van der Waals surface area contributed by atoms with Crippen molar-refractivity contribution < 1.29 is 14.3 Å². The minimum absolute atomic E-state index is 0.00568. The summed E-state index contributed by atoms with van der Waals surface area (Å²) in [5, 5.41) is 0. The zero-order valence-corrected chi connectivity index (χ0v) is 13.9. The second kappa shape index (κ2) is 7.40. The van der Waals surface area contributed by atoms with Gasteiger partial charge in [-0.1, -0.05) is 6.07 Å². The van der Waals surface area contributed by atoms with Crippen LogP contribution >= 0.6 is 0 Å². The van der Waals surface area contributed by atoms with Crippen molar-refractivity contribution >= 4 is 5.91 Å². The Morgan fingerprint density at radius 2 is 2.12 bits per heavy atom. The number of amides is 1. The molecule has 0 bridgehead atoms. The number of hydrogen-bond acceptors (Lipinski definition) is 5. The van der Waals surface area contributed by atoms with Crippen LogP contribution in [0.1, 0.15) is 19.4 Å². The van der Waals surface area contributed by atoms with Gasteiger partial charge in [0.1, 0.15) is 25.3 Å². The number of nitrogens with zero attached hydrogens (tertiary/aromatic N) is 3. The molecule has 0 saturated carbocycles. The van der Waals surface area contributed by atoms with Crippen LogP contribution in [0.3, 0.4) is 0 Å². The Balaban J connectivity index is 1.87. The molecule has 0 fully saturated rings. The molecule has 1 amide bonds. The van der Waals surface area contributed by atoms with Gasteiger partial charge in [-0.25, -0.2) is 9.97 Å². The normalized spacial score (nSPS) is 16.9. The van der Waals surface area contributed by atoms with E-state index in [1.165, 1.54) is 6.33 Å². The van der Waals surface area contributed by atoms with Gasteiger partial charge in [-0.3, -0.25) is 4.79 Å². The molecule has 126 valence electrons. The third kappa shape index (κ3) is 3.54. The van der Waals surface area contributed by atoms with Gasteiger partial charge in [-0.05, 0) is 31.5 Å². The van der Waals surface area contributed by atoms with Crippen molar-refractivity contribution in [3.05, 3.63) is 42.5 Å². The molecule has 0 unspecified atom stereocenters. The number of carbonyl (C=O) groups excluding carboxylic acids is 1. The van der Waals surface area contributed by atoms with Gasteiger partial charge in [0.15, 0.2) is 0 Å². The number of rotatable bonds is 4. The molecule has 2 aromatic rings. The summed E-state index contributed by atoms with van der Waals surface area (Å²) in [4.78, 5) is 22.3. The fourth-order valence-corrected chi connectivity index (χ4v) is 2.72. The maximum atomic E-state index is 12.4. The van der Waals surface area contributed by atoms with Gasteiger partial charge in [0, 0.05) is 36.7 Å². The molecule has 2 heterocycles. The molecule has 0 spiro atoms. The molecular formula is C18H21N3O3. The fourth-order valence-electron chi connectivity index (χ4n) is 2.72. The minimum Gasteiger partial charge on any atom is -0.491 e. The van der Waals surface area contributed by atoms with Crippen LogP contribution in [0.5, 0.6) is 5.75 Å². The highest BCUT2D eigenvalue weighted by atomic mass is 16.5. The lowest BCUT2D eigenvalue weighted by Gasteiger charge is -2.26. The standard InChI is InChI=1S/C18H21N3O3/c1-3-23-11-18(22)21-9-15-6-14(16-7-19-12-20-8-16)4-5-17(15)24-10-13(21)2/h4-8,12-13H,3,9-11H2,1-2H3/t13-/m0/s1. The monoisotopic (exact) mass is 327 g/mol. The molecule has 1 aromatic heterocycles. The smallest absolute Gasteiger partial charge is 0.249 e. The summed E-state index contributed by atoms with van der Waals surface area (Å²) >= 11 is 0. The SMILES string of the molecule is CCOCC(=O)N1Cc2cc(-c3cncnc3)ccc2OC[C@@H]1C. The maximum Gasteiger partial charge on any atom is 0.249 e. The molecule has 1 atom stereocenters. The highest BCUT2D eigenvalue weighted by Crippen LogP contribution is 2.30. The van der Waals surface area contributed by atoms with Crippen LogP contribution in [0, 0.1) is 0 Å². The summed E-state index contributed by atoms with van der Waals surface area (Å²) in [6, 6.07) is 5.96. The predicted octanol–water partition coefficient (Wildman–Crippen LogP) is 2.29. The van der Waals surface area contributed by atoms with E-state index in [-0.39, 0.29) is 18.6 Å². The fraction of sp³-hybridized carbons (Fsp3) is 0.389. The van der Waals surface area contributed by atoms with Gasteiger partial charge in [0.05, 0.1) is 6.04 Å². The lowest BCUT2D eigenvalue weighted by Crippen LogP contribution is -2.41. The Morgan fingerprint density at radius 1 is 1.33 bits per heavy atom. The zero-order valence-electron chi connectivity index (χ0n) is 13.9. The number of hydrogen-bond donors (Lipinski definition) is 0. The molecule has 3 rings (SSSR count). The average molecular weight is 327 g/mol. The summed E-state index contributed by atoms with van der Waals surface area (Å²) in [7, 11) is 0. The topological polar surface area (TPSA) is 64.5 Å². The van der Waals surface area contributed by atoms with Crippen molar-refractivity contribution in [3.63, 3.8) is 0 Å². The van der Waals surface area contributed by atoms with E-state index in [4.69, 9.17) is 9.47 Å².